The first-order valence-electron chi connectivity index (χ1n) is 6.68. The number of halogens is 1. The van der Waals surface area contributed by atoms with Gasteiger partial charge in [0.2, 0.25) is 11.8 Å². The second kappa shape index (κ2) is 7.29. The van der Waals surface area contributed by atoms with Crippen molar-refractivity contribution in [3.8, 4) is 0 Å². The third-order valence-electron chi connectivity index (χ3n) is 3.16. The fourth-order valence-electron chi connectivity index (χ4n) is 1.81. The molecule has 1 N–H and O–H groups in total. The number of carbonyl (C=O) groups excluding carboxylic acids is 2. The van der Waals surface area contributed by atoms with Crippen molar-refractivity contribution in [1.82, 2.24) is 5.32 Å². The Bertz CT molecular complexity index is 503. The van der Waals surface area contributed by atoms with Gasteiger partial charge in [0, 0.05) is 23.7 Å². The molecule has 0 aromatic heterocycles. The summed E-state index contributed by atoms with van der Waals surface area (Å²) in [5.74, 6) is -0.358. The summed E-state index contributed by atoms with van der Waals surface area (Å²) in [5, 5.41) is 3.39. The van der Waals surface area contributed by atoms with Crippen LogP contribution in [0.2, 0.25) is 5.02 Å². The molecule has 0 fully saturated rings. The minimum Gasteiger partial charge on any atom is -0.352 e. The maximum absolute atomic E-state index is 12.0. The number of hydrogen-bond acceptors (Lipinski definition) is 2. The molecule has 1 aromatic rings. The SMILES string of the molecule is CCC(C)NC(=O)CN(C(C)=O)c1cc(Cl)ccc1C. The van der Waals surface area contributed by atoms with Gasteiger partial charge in [-0.15, -0.1) is 0 Å². The predicted octanol–water partition coefficient (Wildman–Crippen LogP) is 2.92. The van der Waals surface area contributed by atoms with Crippen LogP contribution in [0.1, 0.15) is 32.8 Å². The molecule has 0 aliphatic rings. The summed E-state index contributed by atoms with van der Waals surface area (Å²) in [5.41, 5.74) is 1.57. The summed E-state index contributed by atoms with van der Waals surface area (Å²) < 4.78 is 0. The lowest BCUT2D eigenvalue weighted by Crippen LogP contribution is -2.43. The average molecular weight is 297 g/mol. The number of nitrogens with zero attached hydrogens (tertiary/aromatic N) is 1. The van der Waals surface area contributed by atoms with Crippen molar-refractivity contribution < 1.29 is 9.59 Å². The Morgan fingerprint density at radius 3 is 2.60 bits per heavy atom. The van der Waals surface area contributed by atoms with E-state index in [1.54, 1.807) is 12.1 Å². The topological polar surface area (TPSA) is 49.4 Å². The van der Waals surface area contributed by atoms with Crippen LogP contribution < -0.4 is 10.2 Å². The maximum Gasteiger partial charge on any atom is 0.240 e. The van der Waals surface area contributed by atoms with E-state index >= 15 is 0 Å². The molecule has 110 valence electrons. The molecule has 0 spiro atoms. The molecule has 0 saturated carbocycles. The molecule has 0 heterocycles. The smallest absolute Gasteiger partial charge is 0.240 e. The number of amides is 2. The minimum atomic E-state index is -0.185. The molecule has 0 radical (unpaired) electrons. The van der Waals surface area contributed by atoms with E-state index in [9.17, 15) is 9.59 Å². The van der Waals surface area contributed by atoms with Gasteiger partial charge in [-0.25, -0.2) is 0 Å². The zero-order valence-corrected chi connectivity index (χ0v) is 13.1. The van der Waals surface area contributed by atoms with E-state index in [0.29, 0.717) is 10.7 Å². The van der Waals surface area contributed by atoms with Gasteiger partial charge in [-0.05, 0) is 38.0 Å². The fraction of sp³-hybridized carbons (Fsp3) is 0.467. The lowest BCUT2D eigenvalue weighted by molar-refractivity contribution is -0.123. The molecule has 0 saturated heterocycles. The molecule has 0 bridgehead atoms. The van der Waals surface area contributed by atoms with Gasteiger partial charge in [0.1, 0.15) is 6.54 Å². The summed E-state index contributed by atoms with van der Waals surface area (Å²) in [6.07, 6.45) is 0.849. The summed E-state index contributed by atoms with van der Waals surface area (Å²) in [7, 11) is 0. The number of carbonyl (C=O) groups is 2. The number of benzene rings is 1. The van der Waals surface area contributed by atoms with Crippen LogP contribution in [0.4, 0.5) is 5.69 Å². The largest absolute Gasteiger partial charge is 0.352 e. The highest BCUT2D eigenvalue weighted by Crippen LogP contribution is 2.24. The summed E-state index contributed by atoms with van der Waals surface area (Å²) in [6, 6.07) is 5.39. The van der Waals surface area contributed by atoms with Crippen LogP contribution in [-0.2, 0) is 9.59 Å². The Kier molecular flexibility index (Phi) is 6.02. The Morgan fingerprint density at radius 1 is 1.40 bits per heavy atom. The van der Waals surface area contributed by atoms with Gasteiger partial charge in [0.15, 0.2) is 0 Å². The third kappa shape index (κ3) is 4.53. The van der Waals surface area contributed by atoms with Crippen molar-refractivity contribution in [1.29, 1.82) is 0 Å². The molecular formula is C15H21ClN2O2. The molecule has 1 rings (SSSR count). The summed E-state index contributed by atoms with van der Waals surface area (Å²) in [4.78, 5) is 25.2. The Hall–Kier alpha value is -1.55. The van der Waals surface area contributed by atoms with E-state index in [0.717, 1.165) is 12.0 Å². The molecule has 2 amide bonds. The first kappa shape index (κ1) is 16.5. The fourth-order valence-corrected chi connectivity index (χ4v) is 1.97. The second-order valence-electron chi connectivity index (χ2n) is 4.91. The molecule has 4 nitrogen and oxygen atoms in total. The van der Waals surface area contributed by atoms with Gasteiger partial charge in [0.05, 0.1) is 0 Å². The summed E-state index contributed by atoms with van der Waals surface area (Å²) >= 11 is 5.97. The molecule has 5 heteroatoms. The van der Waals surface area contributed by atoms with Crippen molar-refractivity contribution >= 4 is 29.1 Å². The molecule has 0 aliphatic carbocycles. The van der Waals surface area contributed by atoms with E-state index in [2.05, 4.69) is 5.32 Å². The van der Waals surface area contributed by atoms with Gasteiger partial charge in [0.25, 0.3) is 0 Å². The molecule has 0 aliphatic heterocycles. The zero-order valence-electron chi connectivity index (χ0n) is 12.4. The van der Waals surface area contributed by atoms with Crippen LogP contribution in [0, 0.1) is 6.92 Å². The zero-order chi connectivity index (χ0) is 15.3. The van der Waals surface area contributed by atoms with E-state index in [-0.39, 0.29) is 24.4 Å². The Morgan fingerprint density at radius 2 is 2.05 bits per heavy atom. The van der Waals surface area contributed by atoms with Crippen LogP contribution in [0.15, 0.2) is 18.2 Å². The van der Waals surface area contributed by atoms with Gasteiger partial charge < -0.3 is 10.2 Å². The standard InChI is InChI=1S/C15H21ClN2O2/c1-5-11(3)17-15(20)9-18(12(4)19)14-8-13(16)7-6-10(14)2/h6-8,11H,5,9H2,1-4H3,(H,17,20). The van der Waals surface area contributed by atoms with Crippen LogP contribution in [-0.4, -0.2) is 24.4 Å². The van der Waals surface area contributed by atoms with Crippen molar-refractivity contribution in [2.24, 2.45) is 0 Å². The second-order valence-corrected chi connectivity index (χ2v) is 5.35. The Balaban J connectivity index is 2.92. The molecule has 1 aromatic carbocycles. The predicted molar refractivity (Wildman–Crippen MR) is 82.1 cm³/mol. The number of hydrogen-bond donors (Lipinski definition) is 1. The van der Waals surface area contributed by atoms with Gasteiger partial charge in [-0.1, -0.05) is 24.6 Å². The van der Waals surface area contributed by atoms with E-state index in [1.807, 2.05) is 26.8 Å². The lowest BCUT2D eigenvalue weighted by atomic mass is 10.1. The quantitative estimate of drug-likeness (QED) is 0.908. The summed E-state index contributed by atoms with van der Waals surface area (Å²) in [6.45, 7) is 7.25. The highest BCUT2D eigenvalue weighted by Gasteiger charge is 2.18. The highest BCUT2D eigenvalue weighted by atomic mass is 35.5. The number of nitrogens with one attached hydrogen (secondary N) is 1. The van der Waals surface area contributed by atoms with Crippen molar-refractivity contribution in [2.45, 2.75) is 40.2 Å². The van der Waals surface area contributed by atoms with Crippen LogP contribution in [0.3, 0.4) is 0 Å². The molecular weight excluding hydrogens is 276 g/mol. The van der Waals surface area contributed by atoms with Crippen molar-refractivity contribution in [3.63, 3.8) is 0 Å². The van der Waals surface area contributed by atoms with Crippen LogP contribution in [0.5, 0.6) is 0 Å². The normalized spacial score (nSPS) is 11.8. The lowest BCUT2D eigenvalue weighted by Gasteiger charge is -2.23. The minimum absolute atomic E-state index is 0.000849. The van der Waals surface area contributed by atoms with Gasteiger partial charge in [-0.3, -0.25) is 9.59 Å². The van der Waals surface area contributed by atoms with Crippen LogP contribution in [0.25, 0.3) is 0 Å². The van der Waals surface area contributed by atoms with E-state index in [1.165, 1.54) is 11.8 Å². The van der Waals surface area contributed by atoms with E-state index in [4.69, 9.17) is 11.6 Å². The monoisotopic (exact) mass is 296 g/mol. The van der Waals surface area contributed by atoms with Crippen molar-refractivity contribution in [2.75, 3.05) is 11.4 Å². The third-order valence-corrected chi connectivity index (χ3v) is 3.40. The van der Waals surface area contributed by atoms with Crippen molar-refractivity contribution in [3.05, 3.63) is 28.8 Å². The first-order valence-corrected chi connectivity index (χ1v) is 7.06. The highest BCUT2D eigenvalue weighted by molar-refractivity contribution is 6.31. The van der Waals surface area contributed by atoms with E-state index < -0.39 is 0 Å². The average Bonchev–Trinajstić information content (AvgIpc) is 2.38. The van der Waals surface area contributed by atoms with Gasteiger partial charge in [-0.2, -0.15) is 0 Å². The molecule has 20 heavy (non-hydrogen) atoms. The number of aryl methyl sites for hydroxylation is 1. The Labute approximate surface area is 125 Å². The molecule has 1 atom stereocenters. The van der Waals surface area contributed by atoms with Gasteiger partial charge >= 0.3 is 0 Å². The number of rotatable bonds is 5. The first-order chi connectivity index (χ1) is 9.35. The van der Waals surface area contributed by atoms with Crippen LogP contribution >= 0.6 is 11.6 Å². The molecule has 1 unspecified atom stereocenters. The maximum atomic E-state index is 12.0. The number of anilines is 1.